The van der Waals surface area contributed by atoms with E-state index in [9.17, 15) is 24.0 Å². The molecule has 11 atom stereocenters. The maximum atomic E-state index is 13.3. The molecule has 4 aliphatic carbocycles. The van der Waals surface area contributed by atoms with Crippen molar-refractivity contribution in [3.63, 3.8) is 0 Å². The molecule has 4 bridgehead atoms. The molecule has 6 aliphatic rings. The number of hydrogen-bond acceptors (Lipinski definition) is 10. The van der Waals surface area contributed by atoms with Gasteiger partial charge in [-0.2, -0.15) is 0 Å². The van der Waals surface area contributed by atoms with E-state index in [0.29, 0.717) is 12.8 Å². The molecule has 0 aromatic carbocycles. The maximum absolute atomic E-state index is 13.3. The second-order valence-corrected chi connectivity index (χ2v) is 10.1. The number of fused-ring (bicyclic) bond motifs is 2. The Morgan fingerprint density at radius 1 is 0.939 bits per heavy atom. The Hall–Kier alpha value is -2.91. The Labute approximate surface area is 188 Å². The summed E-state index contributed by atoms with van der Waals surface area (Å²) >= 11 is 0. The van der Waals surface area contributed by atoms with E-state index in [-0.39, 0.29) is 35.2 Å². The first kappa shape index (κ1) is 20.7. The van der Waals surface area contributed by atoms with Crippen molar-refractivity contribution in [2.75, 3.05) is 6.61 Å². The highest BCUT2D eigenvalue weighted by molar-refractivity contribution is 5.89. The van der Waals surface area contributed by atoms with Crippen molar-refractivity contribution < 1.29 is 47.7 Å². The van der Waals surface area contributed by atoms with Crippen molar-refractivity contribution in [1.29, 1.82) is 0 Å². The number of rotatable bonds is 6. The van der Waals surface area contributed by atoms with Crippen LogP contribution in [0.3, 0.4) is 0 Å². The molecule has 33 heavy (non-hydrogen) atoms. The lowest BCUT2D eigenvalue weighted by Crippen LogP contribution is -2.46. The van der Waals surface area contributed by atoms with Crippen molar-refractivity contribution in [2.24, 2.45) is 41.4 Å². The van der Waals surface area contributed by atoms with Gasteiger partial charge in [0.05, 0.1) is 17.8 Å². The van der Waals surface area contributed by atoms with E-state index < -0.39 is 72.7 Å². The summed E-state index contributed by atoms with van der Waals surface area (Å²) in [7, 11) is 0. The summed E-state index contributed by atoms with van der Waals surface area (Å²) in [6.07, 6.45) is -0.376. The summed E-state index contributed by atoms with van der Waals surface area (Å²) in [4.78, 5) is 61.6. The van der Waals surface area contributed by atoms with Crippen molar-refractivity contribution in [2.45, 2.75) is 50.6 Å². The van der Waals surface area contributed by atoms with Crippen LogP contribution in [0.1, 0.15) is 26.2 Å². The summed E-state index contributed by atoms with van der Waals surface area (Å²) in [6, 6.07) is 0. The van der Waals surface area contributed by atoms with Gasteiger partial charge in [-0.15, -0.1) is 0 Å². The normalized spacial score (nSPS) is 45.1. The molecule has 6 fully saturated rings. The highest BCUT2D eigenvalue weighted by atomic mass is 16.6. The molecule has 0 N–H and O–H groups in total. The van der Waals surface area contributed by atoms with Crippen LogP contribution in [0.4, 0.5) is 0 Å². The number of hydrogen-bond donors (Lipinski definition) is 0. The second kappa shape index (κ2) is 7.04. The van der Waals surface area contributed by atoms with Crippen molar-refractivity contribution >= 4 is 29.8 Å². The molecule has 0 amide bonds. The zero-order chi connectivity index (χ0) is 23.2. The fraction of sp³-hybridized carbons (Fsp3) is 0.696. The van der Waals surface area contributed by atoms with Gasteiger partial charge >= 0.3 is 29.8 Å². The van der Waals surface area contributed by atoms with Gasteiger partial charge < -0.3 is 23.7 Å². The number of esters is 5. The highest BCUT2D eigenvalue weighted by Gasteiger charge is 2.71. The van der Waals surface area contributed by atoms with Crippen molar-refractivity contribution in [3.8, 4) is 0 Å². The van der Waals surface area contributed by atoms with Crippen LogP contribution < -0.4 is 0 Å². The summed E-state index contributed by atoms with van der Waals surface area (Å²) < 4.78 is 27.2. The molecule has 0 spiro atoms. The molecule has 0 aromatic heterocycles. The van der Waals surface area contributed by atoms with E-state index in [0.717, 1.165) is 6.42 Å². The van der Waals surface area contributed by atoms with E-state index in [1.54, 1.807) is 0 Å². The van der Waals surface area contributed by atoms with Crippen LogP contribution in [0.25, 0.3) is 0 Å². The molecule has 176 valence electrons. The smallest absolute Gasteiger partial charge is 0.344 e. The fourth-order valence-corrected chi connectivity index (χ4v) is 7.18. The Morgan fingerprint density at radius 3 is 2.42 bits per heavy atom. The molecule has 6 rings (SSSR count). The van der Waals surface area contributed by atoms with Crippen molar-refractivity contribution in [1.82, 2.24) is 0 Å². The standard InChI is InChI=1S/C23H24O10/c1-7(2)20(25)29-6-13(24)30-18-11-5-12-15(23(28)33-19(12)18)14(11)22(27)31-16-8-3-9-10(4-8)21(26)32-17(9)16/h8-12,14-19H,1,3-6H2,2H3. The van der Waals surface area contributed by atoms with Crippen LogP contribution in [0.2, 0.25) is 0 Å². The fourth-order valence-electron chi connectivity index (χ4n) is 7.18. The van der Waals surface area contributed by atoms with Gasteiger partial charge in [0.1, 0.15) is 24.4 Å². The third-order valence-electron chi connectivity index (χ3n) is 8.42. The Bertz CT molecular complexity index is 986. The van der Waals surface area contributed by atoms with Crippen LogP contribution in [0.5, 0.6) is 0 Å². The molecule has 2 saturated heterocycles. The average Bonchev–Trinajstić information content (AvgIpc) is 3.55. The first-order chi connectivity index (χ1) is 15.7. The summed E-state index contributed by atoms with van der Waals surface area (Å²) in [5, 5.41) is 0. The molecular weight excluding hydrogens is 436 g/mol. The first-order valence-electron chi connectivity index (χ1n) is 11.4. The van der Waals surface area contributed by atoms with Gasteiger partial charge in [-0.1, -0.05) is 6.58 Å². The van der Waals surface area contributed by atoms with E-state index >= 15 is 0 Å². The van der Waals surface area contributed by atoms with Crippen molar-refractivity contribution in [3.05, 3.63) is 12.2 Å². The third kappa shape index (κ3) is 2.88. The molecule has 0 aromatic rings. The molecule has 11 unspecified atom stereocenters. The van der Waals surface area contributed by atoms with Gasteiger partial charge in [0.25, 0.3) is 0 Å². The molecule has 10 heteroatoms. The number of ether oxygens (including phenoxy) is 5. The van der Waals surface area contributed by atoms with E-state index in [1.807, 2.05) is 0 Å². The number of carbonyl (C=O) groups excluding carboxylic acids is 5. The summed E-state index contributed by atoms with van der Waals surface area (Å²) in [5.41, 5.74) is 0.151. The minimum Gasteiger partial charge on any atom is -0.458 e. The third-order valence-corrected chi connectivity index (χ3v) is 8.42. The second-order valence-electron chi connectivity index (χ2n) is 10.1. The lowest BCUT2D eigenvalue weighted by atomic mass is 9.78. The molecule has 4 saturated carbocycles. The van der Waals surface area contributed by atoms with Gasteiger partial charge in [-0.3, -0.25) is 14.4 Å². The largest absolute Gasteiger partial charge is 0.458 e. The SMILES string of the molecule is C=C(C)C(=O)OCC(=O)OC1C2CC3C1OC(=O)C3C2C(=O)OC1C2CC3C(=O)OC1C3C2. The quantitative estimate of drug-likeness (QED) is 0.310. The Morgan fingerprint density at radius 2 is 1.67 bits per heavy atom. The average molecular weight is 460 g/mol. The number of carbonyl (C=O) groups is 5. The van der Waals surface area contributed by atoms with Crippen LogP contribution in [-0.2, 0) is 47.7 Å². The lowest BCUT2D eigenvalue weighted by molar-refractivity contribution is -0.176. The van der Waals surface area contributed by atoms with Gasteiger partial charge in [-0.25, -0.2) is 9.59 Å². The predicted molar refractivity (Wildman–Crippen MR) is 104 cm³/mol. The Balaban J connectivity index is 1.15. The van der Waals surface area contributed by atoms with Gasteiger partial charge in [0, 0.05) is 29.2 Å². The van der Waals surface area contributed by atoms with Crippen LogP contribution in [0.15, 0.2) is 12.2 Å². The lowest BCUT2D eigenvalue weighted by Gasteiger charge is -2.32. The van der Waals surface area contributed by atoms with E-state index in [2.05, 4.69) is 6.58 Å². The molecule has 2 aliphatic heterocycles. The van der Waals surface area contributed by atoms with Crippen LogP contribution in [0, 0.1) is 41.4 Å². The molecule has 10 nitrogen and oxygen atoms in total. The Kier molecular flexibility index (Phi) is 4.41. The minimum atomic E-state index is -0.806. The molecule has 2 heterocycles. The minimum absolute atomic E-state index is 0.0823. The molecular formula is C23H24O10. The van der Waals surface area contributed by atoms with Gasteiger partial charge in [0.2, 0.25) is 0 Å². The zero-order valence-electron chi connectivity index (χ0n) is 18.0. The predicted octanol–water partition coefficient (Wildman–Crippen LogP) is 0.318. The first-order valence-corrected chi connectivity index (χ1v) is 11.4. The monoisotopic (exact) mass is 460 g/mol. The topological polar surface area (TPSA) is 132 Å². The van der Waals surface area contributed by atoms with Crippen LogP contribution >= 0.6 is 0 Å². The molecule has 0 radical (unpaired) electrons. The highest BCUT2D eigenvalue weighted by Crippen LogP contribution is 2.60. The van der Waals surface area contributed by atoms with E-state index in [4.69, 9.17) is 23.7 Å². The van der Waals surface area contributed by atoms with Gasteiger partial charge in [-0.05, 0) is 26.2 Å². The van der Waals surface area contributed by atoms with Gasteiger partial charge in [0.15, 0.2) is 6.61 Å². The zero-order valence-corrected chi connectivity index (χ0v) is 18.0. The maximum Gasteiger partial charge on any atom is 0.344 e. The van der Waals surface area contributed by atoms with E-state index in [1.165, 1.54) is 6.92 Å². The van der Waals surface area contributed by atoms with Crippen LogP contribution in [-0.4, -0.2) is 60.9 Å². The summed E-state index contributed by atoms with van der Waals surface area (Å²) in [5.74, 6) is -4.72. The summed E-state index contributed by atoms with van der Waals surface area (Å²) in [6.45, 7) is 4.31.